The standard InChI is InChI=1S/C88H160N40O17/c1-6-48(4)64(123-69(133)53(23-10-36-109-84(96)97)115-66(130)50(89)20-7-33-106-81(90)91)74(138)120-56(26-13-39-112-87(102)103)76(140)125-42-16-29-60(125)72(136)119-55(25-12-38-111-86(100)101)77(141)128-45-19-32-63(128)79(143)127-44-18-31-62(127)71(135)117-52(22-9-35-108-83(94)95)68(132)122-58(46-47(2)3)78(142)126-43-17-30-61(126)73(137)118-54(24-11-37-110-85(98)99)75(139)124-41-15-28-59(124)70(134)116-51(21-8-34-107-82(92)93)67(131)114-49(5)65(129)121-57(80(144)145)27-14-40-113-88(104)105/h47-64H,6-46,89H2,1-5H3,(H,114,131)(H,115,130)(H,116,134)(H,117,135)(H,118,137)(H,119,136)(H,120,138)(H,121,129)(H,122,132)(H,123,133)(H,144,145)(H4,90,91,106)(H4,92,93,107)(H4,94,95,108)(H4,96,97,109)(H4,98,99,110)(H4,100,101,111)(H4,102,103,112)(H4,104,105,113)/t48-,49-,50-,51-,52-,53-,54-,55-,56-,57-,58-,59-,60-,61-,62-,63-,64-/m0/s1. The van der Waals surface area contributed by atoms with Crippen molar-refractivity contribution >= 4 is 142 Å². The highest BCUT2D eigenvalue weighted by molar-refractivity contribution is 6.02. The van der Waals surface area contributed by atoms with Gasteiger partial charge in [0.1, 0.15) is 90.6 Å². The molecule has 57 heteroatoms. The Bertz CT molecular complexity index is 4490. The highest BCUT2D eigenvalue weighted by Gasteiger charge is 2.49. The number of carboxylic acids is 1. The lowest BCUT2D eigenvalue weighted by Gasteiger charge is -2.34. The van der Waals surface area contributed by atoms with Crippen molar-refractivity contribution in [2.24, 2.45) is 63.4 Å². The SMILES string of the molecule is CC[C@H](C)[C@H](NC(=O)[C@H](CCCNC(=N)N)NC(=O)[C@@H](N)CCCNC(=N)N)C(=O)N[C@@H](CCCNC(=N)N)C(=O)N1CCC[C@H]1C(=O)N[C@@H](CCCNC(=N)N)C(=O)N1CCC[C@H]1C(=O)N1CCC[C@H]1C(=O)N[C@@H](CCCNC(=N)N)C(=O)N[C@@H](CC(C)C)C(=O)N1CCC[C@H]1C(=O)N[C@@H](CCCNC(=N)N)C(=O)N1CCC[C@H]1C(=O)N[C@@H](CCCNC(=N)N)C(=O)N[C@@H](C)C(=O)N[C@@H](CCCNC(=N)N)C(=O)O. The average Bonchev–Trinajstić information content (AvgIpc) is 1.64. The minimum Gasteiger partial charge on any atom is -0.480 e. The normalized spacial score (nSPS) is 18.8. The van der Waals surface area contributed by atoms with Crippen molar-refractivity contribution in [2.45, 2.75) is 311 Å². The van der Waals surface area contributed by atoms with Gasteiger partial charge < -0.3 is 177 Å². The lowest BCUT2D eigenvalue weighted by Crippen LogP contribution is -2.61. The molecule has 814 valence electrons. The molecule has 5 saturated heterocycles. The maximum absolute atomic E-state index is 15.3. The van der Waals surface area contributed by atoms with Gasteiger partial charge in [-0.1, -0.05) is 34.1 Å². The molecule has 0 aliphatic carbocycles. The van der Waals surface area contributed by atoms with Crippen molar-refractivity contribution in [1.82, 2.24) is 120 Å². The fourth-order valence-corrected chi connectivity index (χ4v) is 17.9. The molecule has 5 fully saturated rings. The van der Waals surface area contributed by atoms with Gasteiger partial charge in [0, 0.05) is 85.1 Å². The van der Waals surface area contributed by atoms with Gasteiger partial charge in [0.2, 0.25) is 88.6 Å². The third-order valence-electron chi connectivity index (χ3n) is 25.6. The number of carbonyl (C=O) groups excluding carboxylic acids is 15. The molecule has 0 aromatic carbocycles. The first-order valence-electron chi connectivity index (χ1n) is 49.8. The number of carboxylic acid groups (broad SMARTS) is 1. The highest BCUT2D eigenvalue weighted by Crippen LogP contribution is 2.30. The van der Waals surface area contributed by atoms with Crippen LogP contribution in [-0.4, -0.2) is 354 Å². The predicted molar refractivity (Wildman–Crippen MR) is 536 cm³/mol. The van der Waals surface area contributed by atoms with Crippen molar-refractivity contribution in [2.75, 3.05) is 85.1 Å². The van der Waals surface area contributed by atoms with Gasteiger partial charge in [-0.25, -0.2) is 4.79 Å². The van der Waals surface area contributed by atoms with E-state index < -0.39 is 203 Å². The van der Waals surface area contributed by atoms with Crippen LogP contribution in [-0.2, 0) is 76.7 Å². The summed E-state index contributed by atoms with van der Waals surface area (Å²) < 4.78 is 0. The number of amides is 15. The van der Waals surface area contributed by atoms with Crippen LogP contribution in [0.5, 0.6) is 0 Å². The number of carbonyl (C=O) groups is 16. The van der Waals surface area contributed by atoms with Gasteiger partial charge in [0.05, 0.1) is 6.04 Å². The number of aliphatic carboxylic acids is 1. The second kappa shape index (κ2) is 62.3. The minimum absolute atomic E-state index is 0.00452. The van der Waals surface area contributed by atoms with Crippen LogP contribution in [0.4, 0.5) is 0 Å². The van der Waals surface area contributed by atoms with Crippen LogP contribution in [0.1, 0.15) is 214 Å². The van der Waals surface area contributed by atoms with Crippen molar-refractivity contribution in [1.29, 1.82) is 43.3 Å². The van der Waals surface area contributed by atoms with Gasteiger partial charge in [-0.3, -0.25) is 115 Å². The predicted octanol–water partition coefficient (Wildman–Crippen LogP) is -9.58. The topological polar surface area (TPSA) is 951 Å². The Hall–Kier alpha value is -14.4. The van der Waals surface area contributed by atoms with Crippen molar-refractivity contribution in [3.63, 3.8) is 0 Å². The van der Waals surface area contributed by atoms with E-state index in [1.54, 1.807) is 27.7 Å². The molecule has 0 unspecified atom stereocenters. The van der Waals surface area contributed by atoms with Gasteiger partial charge in [-0.15, -0.1) is 0 Å². The second-order valence-corrected chi connectivity index (χ2v) is 37.5. The number of hydrogen-bond acceptors (Lipinski definition) is 25. The van der Waals surface area contributed by atoms with Gasteiger partial charge in [0.25, 0.3) is 0 Å². The minimum atomic E-state index is -1.42. The first kappa shape index (κ1) is 121. The monoisotopic (exact) mass is 2050 g/mol. The zero-order chi connectivity index (χ0) is 108. The van der Waals surface area contributed by atoms with Crippen LogP contribution in [0.3, 0.4) is 0 Å². The molecular formula is C88H160N40O17. The Morgan fingerprint density at radius 2 is 0.545 bits per heavy atom. The first-order chi connectivity index (χ1) is 68.7. The summed E-state index contributed by atoms with van der Waals surface area (Å²) in [5.41, 5.74) is 50.5. The maximum Gasteiger partial charge on any atom is 0.326 e. The molecule has 15 amide bonds. The van der Waals surface area contributed by atoms with Gasteiger partial charge in [-0.2, -0.15) is 0 Å². The molecule has 0 radical (unpaired) electrons. The van der Waals surface area contributed by atoms with Crippen LogP contribution in [0, 0.1) is 55.1 Å². The molecule has 5 aliphatic heterocycles. The molecular weight excluding hydrogens is 1890 g/mol. The molecule has 5 heterocycles. The molecule has 0 aromatic rings. The molecule has 57 nitrogen and oxygen atoms in total. The Balaban J connectivity index is 1.36. The number of nitrogens with two attached hydrogens (primary N) is 9. The Morgan fingerprint density at radius 3 is 0.876 bits per heavy atom. The molecule has 5 aliphatic rings. The van der Waals surface area contributed by atoms with Crippen molar-refractivity contribution in [3.05, 3.63) is 0 Å². The second-order valence-electron chi connectivity index (χ2n) is 37.5. The van der Waals surface area contributed by atoms with Crippen LogP contribution in [0.15, 0.2) is 0 Å². The van der Waals surface area contributed by atoms with E-state index in [2.05, 4.69) is 95.7 Å². The molecule has 0 bridgehead atoms. The Kier molecular flexibility index (Phi) is 52.0. The summed E-state index contributed by atoms with van der Waals surface area (Å²) in [4.78, 5) is 239. The van der Waals surface area contributed by atoms with E-state index in [1.165, 1.54) is 31.4 Å². The number of nitrogens with zero attached hydrogens (tertiary/aromatic N) is 5. The average molecular weight is 2050 g/mol. The lowest BCUT2D eigenvalue weighted by atomic mass is 9.96. The number of hydrogen-bond donors (Lipinski definition) is 36. The number of guanidine groups is 8. The van der Waals surface area contributed by atoms with Gasteiger partial charge >= 0.3 is 5.97 Å². The first-order valence-corrected chi connectivity index (χ1v) is 49.8. The quantitative estimate of drug-likeness (QED) is 0.0153. The largest absolute Gasteiger partial charge is 0.480 e. The van der Waals surface area contributed by atoms with Crippen LogP contribution in [0.25, 0.3) is 0 Å². The fraction of sp³-hybridized carbons (Fsp3) is 0.727. The summed E-state index contributed by atoms with van der Waals surface area (Å²) in [7, 11) is 0. The summed E-state index contributed by atoms with van der Waals surface area (Å²) in [6.07, 6.45) is 3.25. The molecule has 0 spiro atoms. The van der Waals surface area contributed by atoms with Gasteiger partial charge in [0.15, 0.2) is 47.7 Å². The van der Waals surface area contributed by atoms with E-state index in [1.807, 2.05) is 0 Å². The highest BCUT2D eigenvalue weighted by atomic mass is 16.4. The van der Waals surface area contributed by atoms with Crippen molar-refractivity contribution < 1.29 is 81.8 Å². The van der Waals surface area contributed by atoms with Crippen LogP contribution in [0.2, 0.25) is 0 Å². The summed E-state index contributed by atoms with van der Waals surface area (Å²) in [6.45, 7) is 9.24. The lowest BCUT2D eigenvalue weighted by molar-refractivity contribution is -0.148. The zero-order valence-corrected chi connectivity index (χ0v) is 83.8. The van der Waals surface area contributed by atoms with E-state index >= 15 is 38.4 Å². The number of rotatable bonds is 62. The van der Waals surface area contributed by atoms with E-state index in [0.29, 0.717) is 25.7 Å². The molecule has 0 aromatic heterocycles. The van der Waals surface area contributed by atoms with E-state index in [-0.39, 0.29) is 287 Å². The third kappa shape index (κ3) is 41.5. The third-order valence-corrected chi connectivity index (χ3v) is 25.6. The Labute approximate surface area is 843 Å². The van der Waals surface area contributed by atoms with E-state index in [9.17, 15) is 43.5 Å². The molecule has 145 heavy (non-hydrogen) atoms. The Morgan fingerprint density at radius 1 is 0.297 bits per heavy atom. The van der Waals surface area contributed by atoms with E-state index in [0.717, 1.165) is 0 Å². The van der Waals surface area contributed by atoms with Crippen molar-refractivity contribution in [3.8, 4) is 0 Å². The molecule has 5 rings (SSSR count). The smallest absolute Gasteiger partial charge is 0.326 e. The zero-order valence-electron chi connectivity index (χ0n) is 83.8. The number of likely N-dealkylation sites (tertiary alicyclic amines) is 5. The van der Waals surface area contributed by atoms with Gasteiger partial charge in [-0.05, 0) is 192 Å². The maximum atomic E-state index is 15.3. The summed E-state index contributed by atoms with van der Waals surface area (Å²) in [5, 5.41) is 119. The van der Waals surface area contributed by atoms with Crippen LogP contribution < -0.4 is 147 Å². The molecule has 17 atom stereocenters. The molecule has 0 saturated carbocycles. The van der Waals surface area contributed by atoms with Crippen LogP contribution >= 0.6 is 0 Å². The van der Waals surface area contributed by atoms with E-state index in [4.69, 9.17) is 94.9 Å². The summed E-state index contributed by atoms with van der Waals surface area (Å²) in [5.74, 6) is -16.5. The molecule has 45 N–H and O–H groups in total. The number of nitrogens with one attached hydrogen (secondary N) is 26. The summed E-state index contributed by atoms with van der Waals surface area (Å²) >= 11 is 0. The summed E-state index contributed by atoms with van der Waals surface area (Å²) in [6, 6.07) is -20.8. The fourth-order valence-electron chi connectivity index (χ4n) is 17.9.